The van der Waals surface area contributed by atoms with Gasteiger partial charge in [-0.25, -0.2) is 14.4 Å². The average Bonchev–Trinajstić information content (AvgIpc) is 2.74. The van der Waals surface area contributed by atoms with E-state index in [1.54, 1.807) is 23.2 Å². The van der Waals surface area contributed by atoms with Crippen molar-refractivity contribution >= 4 is 23.1 Å². The molecule has 0 saturated carbocycles. The van der Waals surface area contributed by atoms with Gasteiger partial charge in [-0.3, -0.25) is 4.79 Å². The smallest absolute Gasteiger partial charge is 0.274 e. The predicted octanol–water partition coefficient (Wildman–Crippen LogP) is 3.63. The van der Waals surface area contributed by atoms with E-state index in [0.717, 1.165) is 11.3 Å². The molecule has 1 fully saturated rings. The number of para-hydroxylation sites is 1. The second-order valence-corrected chi connectivity index (χ2v) is 7.01. The number of aryl methyl sites for hydroxylation is 1. The highest BCUT2D eigenvalue weighted by molar-refractivity contribution is 5.92. The fourth-order valence-corrected chi connectivity index (χ4v) is 3.39. The molecule has 1 amide bonds. The molecule has 0 bridgehead atoms. The van der Waals surface area contributed by atoms with Crippen molar-refractivity contribution in [1.82, 2.24) is 14.9 Å². The normalized spacial score (nSPS) is 14.0. The number of benzene rings is 2. The van der Waals surface area contributed by atoms with Crippen molar-refractivity contribution in [3.05, 3.63) is 78.0 Å². The van der Waals surface area contributed by atoms with Crippen LogP contribution in [-0.4, -0.2) is 47.0 Å². The minimum Gasteiger partial charge on any atom is -0.366 e. The van der Waals surface area contributed by atoms with Crippen LogP contribution in [-0.2, 0) is 0 Å². The Balaban J connectivity index is 1.37. The summed E-state index contributed by atoms with van der Waals surface area (Å²) in [5.41, 5.74) is 2.94. The highest BCUT2D eigenvalue weighted by Crippen LogP contribution is 2.21. The van der Waals surface area contributed by atoms with Gasteiger partial charge in [0.2, 0.25) is 0 Å². The summed E-state index contributed by atoms with van der Waals surface area (Å²) in [6.45, 7) is 4.20. The fraction of sp³-hybridized carbons (Fsp3) is 0.227. The van der Waals surface area contributed by atoms with Gasteiger partial charge < -0.3 is 15.1 Å². The van der Waals surface area contributed by atoms with Crippen molar-refractivity contribution in [2.45, 2.75) is 6.92 Å². The summed E-state index contributed by atoms with van der Waals surface area (Å²) in [5.74, 6) is 0.180. The number of piperazine rings is 1. The van der Waals surface area contributed by atoms with Crippen LogP contribution in [0, 0.1) is 12.7 Å². The lowest BCUT2D eigenvalue weighted by molar-refractivity contribution is 0.0740. The minimum atomic E-state index is -0.241. The summed E-state index contributed by atoms with van der Waals surface area (Å²) in [7, 11) is 0. The Kier molecular flexibility index (Phi) is 5.37. The van der Waals surface area contributed by atoms with Crippen molar-refractivity contribution in [3.63, 3.8) is 0 Å². The van der Waals surface area contributed by atoms with E-state index >= 15 is 0 Å². The topological polar surface area (TPSA) is 61.4 Å². The minimum absolute atomic E-state index is 0.159. The average molecular weight is 391 g/mol. The number of aromatic nitrogens is 2. The molecule has 1 aliphatic rings. The van der Waals surface area contributed by atoms with Crippen LogP contribution in [0.2, 0.25) is 0 Å². The van der Waals surface area contributed by atoms with Gasteiger partial charge >= 0.3 is 0 Å². The third kappa shape index (κ3) is 4.34. The van der Waals surface area contributed by atoms with E-state index in [0.29, 0.717) is 43.4 Å². The molecule has 0 atom stereocenters. The van der Waals surface area contributed by atoms with Crippen LogP contribution < -0.4 is 10.2 Å². The molecule has 0 radical (unpaired) electrons. The molecule has 3 aromatic rings. The number of hydrogen-bond acceptors (Lipinski definition) is 5. The fourth-order valence-electron chi connectivity index (χ4n) is 3.39. The molecule has 148 valence electrons. The summed E-state index contributed by atoms with van der Waals surface area (Å²) in [5, 5.41) is 3.18. The van der Waals surface area contributed by atoms with Gasteiger partial charge in [-0.05, 0) is 36.8 Å². The summed E-state index contributed by atoms with van der Waals surface area (Å²) < 4.78 is 14.0. The summed E-state index contributed by atoms with van der Waals surface area (Å²) in [4.78, 5) is 25.0. The summed E-state index contributed by atoms with van der Waals surface area (Å²) in [6.07, 6.45) is 3.05. The van der Waals surface area contributed by atoms with Crippen LogP contribution in [0.1, 0.15) is 16.1 Å². The van der Waals surface area contributed by atoms with Gasteiger partial charge in [-0.2, -0.15) is 0 Å². The zero-order valence-corrected chi connectivity index (χ0v) is 16.2. The molecular formula is C22H22FN5O. The lowest BCUT2D eigenvalue weighted by Gasteiger charge is -2.36. The molecule has 2 heterocycles. The van der Waals surface area contributed by atoms with Crippen LogP contribution >= 0.6 is 0 Å². The zero-order valence-electron chi connectivity index (χ0n) is 16.2. The molecule has 1 N–H and O–H groups in total. The monoisotopic (exact) mass is 391 g/mol. The van der Waals surface area contributed by atoms with Gasteiger partial charge in [-0.1, -0.05) is 24.3 Å². The van der Waals surface area contributed by atoms with Crippen LogP contribution in [0.5, 0.6) is 0 Å². The van der Waals surface area contributed by atoms with E-state index in [1.807, 2.05) is 42.2 Å². The van der Waals surface area contributed by atoms with Crippen molar-refractivity contribution in [3.8, 4) is 0 Å². The standard InChI is InChI=1S/C22H22FN5O/c1-16-5-4-6-17(13-16)26-21-15-24-19(14-25-21)22(29)28-11-9-27(10-12-28)20-8-3-2-7-18(20)23/h2-8,13-15H,9-12H2,1H3,(H,25,26). The number of hydrogen-bond donors (Lipinski definition) is 1. The quantitative estimate of drug-likeness (QED) is 0.736. The van der Waals surface area contributed by atoms with Crippen LogP contribution in [0.4, 0.5) is 21.6 Å². The lowest BCUT2D eigenvalue weighted by atomic mass is 10.2. The molecule has 29 heavy (non-hydrogen) atoms. The molecule has 1 aromatic heterocycles. The van der Waals surface area contributed by atoms with Gasteiger partial charge in [0.25, 0.3) is 5.91 Å². The number of nitrogens with one attached hydrogen (secondary N) is 1. The summed E-state index contributed by atoms with van der Waals surface area (Å²) in [6, 6.07) is 14.6. The Bertz CT molecular complexity index is 1000. The third-order valence-electron chi connectivity index (χ3n) is 4.92. The Morgan fingerprint density at radius 3 is 2.48 bits per heavy atom. The Hall–Kier alpha value is -3.48. The number of amides is 1. The highest BCUT2D eigenvalue weighted by Gasteiger charge is 2.24. The van der Waals surface area contributed by atoms with Gasteiger partial charge in [0, 0.05) is 31.9 Å². The maximum absolute atomic E-state index is 14.0. The second kappa shape index (κ2) is 8.26. The molecular weight excluding hydrogens is 369 g/mol. The van der Waals surface area contributed by atoms with Gasteiger partial charge in [0.15, 0.2) is 0 Å². The van der Waals surface area contributed by atoms with E-state index < -0.39 is 0 Å². The Labute approximate surface area is 169 Å². The third-order valence-corrected chi connectivity index (χ3v) is 4.92. The zero-order chi connectivity index (χ0) is 20.2. The van der Waals surface area contributed by atoms with Crippen molar-refractivity contribution < 1.29 is 9.18 Å². The first-order chi connectivity index (χ1) is 14.1. The highest BCUT2D eigenvalue weighted by atomic mass is 19.1. The van der Waals surface area contributed by atoms with Crippen molar-refractivity contribution in [2.75, 3.05) is 36.4 Å². The van der Waals surface area contributed by atoms with E-state index in [1.165, 1.54) is 12.3 Å². The molecule has 1 aliphatic heterocycles. The molecule has 6 nitrogen and oxygen atoms in total. The first kappa shape index (κ1) is 18.9. The number of anilines is 3. The maximum atomic E-state index is 14.0. The van der Waals surface area contributed by atoms with Gasteiger partial charge in [0.1, 0.15) is 17.3 Å². The molecule has 0 spiro atoms. The predicted molar refractivity (Wildman–Crippen MR) is 111 cm³/mol. The van der Waals surface area contributed by atoms with E-state index in [-0.39, 0.29) is 11.7 Å². The SMILES string of the molecule is Cc1cccc(Nc2cnc(C(=O)N3CCN(c4ccccc4F)CC3)cn2)c1. The first-order valence-corrected chi connectivity index (χ1v) is 9.54. The second-order valence-electron chi connectivity index (χ2n) is 7.01. The molecule has 7 heteroatoms. The number of halogens is 1. The molecule has 4 rings (SSSR count). The Morgan fingerprint density at radius 2 is 1.79 bits per heavy atom. The molecule has 1 saturated heterocycles. The van der Waals surface area contributed by atoms with Crippen LogP contribution in [0.15, 0.2) is 60.9 Å². The van der Waals surface area contributed by atoms with E-state index in [2.05, 4.69) is 15.3 Å². The lowest BCUT2D eigenvalue weighted by Crippen LogP contribution is -2.49. The largest absolute Gasteiger partial charge is 0.366 e. The Morgan fingerprint density at radius 1 is 1.00 bits per heavy atom. The summed E-state index contributed by atoms with van der Waals surface area (Å²) >= 11 is 0. The van der Waals surface area contributed by atoms with Crippen molar-refractivity contribution in [1.29, 1.82) is 0 Å². The van der Waals surface area contributed by atoms with Gasteiger partial charge in [0.05, 0.1) is 18.1 Å². The number of rotatable bonds is 4. The number of nitrogens with zero attached hydrogens (tertiary/aromatic N) is 4. The number of carbonyl (C=O) groups is 1. The first-order valence-electron chi connectivity index (χ1n) is 9.54. The van der Waals surface area contributed by atoms with Gasteiger partial charge in [-0.15, -0.1) is 0 Å². The molecule has 0 unspecified atom stereocenters. The van der Waals surface area contributed by atoms with Crippen LogP contribution in [0.25, 0.3) is 0 Å². The molecule has 2 aromatic carbocycles. The molecule has 0 aliphatic carbocycles. The number of carbonyl (C=O) groups excluding carboxylic acids is 1. The van der Waals surface area contributed by atoms with E-state index in [9.17, 15) is 9.18 Å². The van der Waals surface area contributed by atoms with Crippen LogP contribution in [0.3, 0.4) is 0 Å². The van der Waals surface area contributed by atoms with Crippen molar-refractivity contribution in [2.24, 2.45) is 0 Å². The maximum Gasteiger partial charge on any atom is 0.274 e. The van der Waals surface area contributed by atoms with E-state index in [4.69, 9.17) is 0 Å².